The number of hydrogen-bond donors (Lipinski definition) is 1. The molecule has 0 spiro atoms. The van der Waals surface area contributed by atoms with Crippen LogP contribution >= 0.6 is 31.9 Å². The van der Waals surface area contributed by atoms with E-state index in [0.717, 1.165) is 15.4 Å². The monoisotopic (exact) mass is 368 g/mol. The maximum atomic E-state index is 9.54. The third-order valence-electron chi connectivity index (χ3n) is 2.96. The fourth-order valence-corrected chi connectivity index (χ4v) is 2.46. The summed E-state index contributed by atoms with van der Waals surface area (Å²) in [6.07, 6.45) is 0.853. The standard InChI is InChI=1S/C15H14Br2O/c16-14-5-1-11(2-6-14)9-13(10-18)12-3-7-15(17)8-4-12/h1-8,13,18H,9-10H2. The van der Waals surface area contributed by atoms with Gasteiger partial charge in [0.15, 0.2) is 0 Å². The van der Waals surface area contributed by atoms with E-state index in [1.807, 2.05) is 24.3 Å². The molecule has 0 aromatic heterocycles. The first-order chi connectivity index (χ1) is 8.69. The molecule has 0 fully saturated rings. The van der Waals surface area contributed by atoms with Crippen molar-refractivity contribution in [2.75, 3.05) is 6.61 Å². The molecule has 2 aromatic rings. The van der Waals surface area contributed by atoms with E-state index in [1.165, 1.54) is 11.1 Å². The van der Waals surface area contributed by atoms with E-state index >= 15 is 0 Å². The number of rotatable bonds is 4. The minimum absolute atomic E-state index is 0.152. The minimum Gasteiger partial charge on any atom is -0.396 e. The normalized spacial score (nSPS) is 12.4. The van der Waals surface area contributed by atoms with Crippen LogP contribution in [0.2, 0.25) is 0 Å². The first-order valence-electron chi connectivity index (χ1n) is 5.80. The highest BCUT2D eigenvalue weighted by Crippen LogP contribution is 2.23. The topological polar surface area (TPSA) is 20.2 Å². The molecule has 0 bridgehead atoms. The van der Waals surface area contributed by atoms with Crippen molar-refractivity contribution in [2.45, 2.75) is 12.3 Å². The highest BCUT2D eigenvalue weighted by molar-refractivity contribution is 9.10. The van der Waals surface area contributed by atoms with Crippen LogP contribution < -0.4 is 0 Å². The van der Waals surface area contributed by atoms with E-state index in [9.17, 15) is 5.11 Å². The zero-order valence-corrected chi connectivity index (χ0v) is 13.0. The molecule has 0 saturated carbocycles. The van der Waals surface area contributed by atoms with Gasteiger partial charge in [-0.1, -0.05) is 56.1 Å². The van der Waals surface area contributed by atoms with E-state index in [0.29, 0.717) is 0 Å². The average molecular weight is 370 g/mol. The molecule has 2 rings (SSSR count). The van der Waals surface area contributed by atoms with Crippen LogP contribution in [-0.4, -0.2) is 11.7 Å². The Morgan fingerprint density at radius 2 is 1.33 bits per heavy atom. The first-order valence-corrected chi connectivity index (χ1v) is 7.38. The second-order valence-corrected chi connectivity index (χ2v) is 6.09. The maximum absolute atomic E-state index is 9.54. The van der Waals surface area contributed by atoms with Gasteiger partial charge in [-0.25, -0.2) is 0 Å². The van der Waals surface area contributed by atoms with Gasteiger partial charge in [0.2, 0.25) is 0 Å². The van der Waals surface area contributed by atoms with Crippen LogP contribution in [-0.2, 0) is 6.42 Å². The van der Waals surface area contributed by atoms with Gasteiger partial charge in [0.05, 0.1) is 6.61 Å². The van der Waals surface area contributed by atoms with Crippen molar-refractivity contribution in [3.8, 4) is 0 Å². The summed E-state index contributed by atoms with van der Waals surface area (Å²) in [5, 5.41) is 9.54. The Bertz CT molecular complexity index is 491. The van der Waals surface area contributed by atoms with Crippen LogP contribution in [0.25, 0.3) is 0 Å². The van der Waals surface area contributed by atoms with E-state index in [-0.39, 0.29) is 12.5 Å². The molecule has 0 aliphatic carbocycles. The number of aliphatic hydroxyl groups excluding tert-OH is 1. The minimum atomic E-state index is 0.152. The molecule has 0 aliphatic heterocycles. The molecule has 0 aliphatic rings. The molecular formula is C15H14Br2O. The van der Waals surface area contributed by atoms with Gasteiger partial charge in [0.1, 0.15) is 0 Å². The van der Waals surface area contributed by atoms with E-state index in [1.54, 1.807) is 0 Å². The van der Waals surface area contributed by atoms with Gasteiger partial charge in [-0.15, -0.1) is 0 Å². The number of halogens is 2. The fourth-order valence-electron chi connectivity index (χ4n) is 1.93. The van der Waals surface area contributed by atoms with Crippen LogP contribution in [0.3, 0.4) is 0 Å². The summed E-state index contributed by atoms with van der Waals surface area (Å²) in [5.74, 6) is 0.152. The molecule has 0 amide bonds. The first kappa shape index (κ1) is 13.8. The van der Waals surface area contributed by atoms with Crippen LogP contribution in [0.1, 0.15) is 17.0 Å². The van der Waals surface area contributed by atoms with Gasteiger partial charge in [0, 0.05) is 14.9 Å². The second kappa shape index (κ2) is 6.50. The summed E-state index contributed by atoms with van der Waals surface area (Å²) in [6.45, 7) is 0.164. The van der Waals surface area contributed by atoms with Crippen molar-refractivity contribution in [2.24, 2.45) is 0 Å². The van der Waals surface area contributed by atoms with Crippen LogP contribution in [0.5, 0.6) is 0 Å². The van der Waals surface area contributed by atoms with Crippen LogP contribution in [0.15, 0.2) is 57.5 Å². The lowest BCUT2D eigenvalue weighted by atomic mass is 9.93. The third-order valence-corrected chi connectivity index (χ3v) is 4.01. The lowest BCUT2D eigenvalue weighted by Gasteiger charge is -2.15. The molecule has 94 valence electrons. The van der Waals surface area contributed by atoms with Crippen molar-refractivity contribution in [1.29, 1.82) is 0 Å². The van der Waals surface area contributed by atoms with Crippen molar-refractivity contribution in [1.82, 2.24) is 0 Å². The van der Waals surface area contributed by atoms with Crippen molar-refractivity contribution in [3.05, 3.63) is 68.6 Å². The van der Waals surface area contributed by atoms with Crippen molar-refractivity contribution < 1.29 is 5.11 Å². The van der Waals surface area contributed by atoms with Gasteiger partial charge in [0.25, 0.3) is 0 Å². The zero-order chi connectivity index (χ0) is 13.0. The molecule has 0 saturated heterocycles. The average Bonchev–Trinajstić information content (AvgIpc) is 2.39. The smallest absolute Gasteiger partial charge is 0.0502 e. The molecule has 3 heteroatoms. The lowest BCUT2D eigenvalue weighted by Crippen LogP contribution is -2.07. The predicted molar refractivity (Wildman–Crippen MR) is 81.8 cm³/mol. The summed E-state index contributed by atoms with van der Waals surface area (Å²) in [5.41, 5.74) is 2.41. The van der Waals surface area contributed by atoms with Crippen LogP contribution in [0, 0.1) is 0 Å². The van der Waals surface area contributed by atoms with Gasteiger partial charge in [-0.3, -0.25) is 0 Å². The lowest BCUT2D eigenvalue weighted by molar-refractivity contribution is 0.264. The number of benzene rings is 2. The summed E-state index contributed by atoms with van der Waals surface area (Å²) >= 11 is 6.85. The number of aliphatic hydroxyl groups is 1. The Labute approximate surface area is 124 Å². The second-order valence-electron chi connectivity index (χ2n) is 4.26. The van der Waals surface area contributed by atoms with Gasteiger partial charge in [-0.05, 0) is 41.8 Å². The molecule has 0 radical (unpaired) electrons. The van der Waals surface area contributed by atoms with Crippen molar-refractivity contribution >= 4 is 31.9 Å². The Balaban J connectivity index is 2.14. The SMILES string of the molecule is OCC(Cc1ccc(Br)cc1)c1ccc(Br)cc1. The largest absolute Gasteiger partial charge is 0.396 e. The van der Waals surface area contributed by atoms with E-state index < -0.39 is 0 Å². The third kappa shape index (κ3) is 3.67. The van der Waals surface area contributed by atoms with Crippen molar-refractivity contribution in [3.63, 3.8) is 0 Å². The highest BCUT2D eigenvalue weighted by Gasteiger charge is 2.11. The maximum Gasteiger partial charge on any atom is 0.0502 e. The molecule has 0 heterocycles. The molecule has 1 unspecified atom stereocenters. The summed E-state index contributed by atoms with van der Waals surface area (Å²) < 4.78 is 2.14. The molecule has 18 heavy (non-hydrogen) atoms. The molecule has 1 nitrogen and oxygen atoms in total. The highest BCUT2D eigenvalue weighted by atomic mass is 79.9. The molecule has 1 N–H and O–H groups in total. The summed E-state index contributed by atoms with van der Waals surface area (Å²) in [4.78, 5) is 0. The van der Waals surface area contributed by atoms with Gasteiger partial charge in [-0.2, -0.15) is 0 Å². The zero-order valence-electron chi connectivity index (χ0n) is 9.81. The Morgan fingerprint density at radius 3 is 1.83 bits per heavy atom. The van der Waals surface area contributed by atoms with Crippen LogP contribution in [0.4, 0.5) is 0 Å². The Hall–Kier alpha value is -0.640. The molecule has 2 aromatic carbocycles. The molecular weight excluding hydrogens is 356 g/mol. The summed E-state index contributed by atoms with van der Waals surface area (Å²) in [7, 11) is 0. The Morgan fingerprint density at radius 1 is 0.833 bits per heavy atom. The summed E-state index contributed by atoms with van der Waals surface area (Å²) in [6, 6.07) is 16.4. The van der Waals surface area contributed by atoms with E-state index in [2.05, 4.69) is 56.1 Å². The van der Waals surface area contributed by atoms with E-state index in [4.69, 9.17) is 0 Å². The number of hydrogen-bond acceptors (Lipinski definition) is 1. The predicted octanol–water partition coefficient (Wildman–Crippen LogP) is 4.53. The molecule has 1 atom stereocenters. The van der Waals surface area contributed by atoms with Gasteiger partial charge >= 0.3 is 0 Å². The van der Waals surface area contributed by atoms with Gasteiger partial charge < -0.3 is 5.11 Å². The Kier molecular flexibility index (Phi) is 4.98. The fraction of sp³-hybridized carbons (Fsp3) is 0.200. The quantitative estimate of drug-likeness (QED) is 0.839.